The Morgan fingerprint density at radius 2 is 0.727 bits per heavy atom. The molecule has 0 saturated heterocycles. The average Bonchev–Trinajstić information content (AvgIpc) is 2.23. The van der Waals surface area contributed by atoms with Gasteiger partial charge in [0.25, 0.3) is 0 Å². The van der Waals surface area contributed by atoms with Crippen LogP contribution in [-0.2, 0) is 14.2 Å². The Balaban J connectivity index is 4.19. The summed E-state index contributed by atoms with van der Waals surface area (Å²) in [5.74, 6) is 0. The molecule has 0 saturated carbocycles. The van der Waals surface area contributed by atoms with Gasteiger partial charge in [-0.1, -0.05) is 0 Å². The number of nitrogens with zero attached hydrogens (tertiary/aromatic N) is 1. The predicted molar refractivity (Wildman–Crippen MR) is 93.6 cm³/mol. The summed E-state index contributed by atoms with van der Waals surface area (Å²) in [5, 5.41) is 0. The average molecular weight is 318 g/mol. The van der Waals surface area contributed by atoms with Gasteiger partial charge in [0.1, 0.15) is 0 Å². The maximum Gasteiger partial charge on any atom is 0.0600 e. The summed E-state index contributed by atoms with van der Waals surface area (Å²) in [6, 6.07) is 0. The monoisotopic (exact) mass is 317 g/mol. The molecule has 22 heavy (non-hydrogen) atoms. The zero-order chi connectivity index (χ0) is 17.4. The molecular weight excluding hydrogens is 278 g/mol. The molecule has 0 aliphatic heterocycles. The van der Waals surface area contributed by atoms with Gasteiger partial charge < -0.3 is 14.2 Å². The Labute approximate surface area is 138 Å². The summed E-state index contributed by atoms with van der Waals surface area (Å²) < 4.78 is 17.5. The predicted octanol–water partition coefficient (Wildman–Crippen LogP) is 3.73. The fourth-order valence-electron chi connectivity index (χ4n) is 1.78. The van der Waals surface area contributed by atoms with E-state index in [0.717, 1.165) is 39.5 Å². The molecule has 0 amide bonds. The van der Waals surface area contributed by atoms with Gasteiger partial charge in [-0.25, -0.2) is 0 Å². The molecule has 0 unspecified atom stereocenters. The van der Waals surface area contributed by atoms with Crippen LogP contribution in [0.2, 0.25) is 0 Å². The fraction of sp³-hybridized carbons (Fsp3) is 1.00. The molecule has 0 N–H and O–H groups in total. The first-order valence-corrected chi connectivity index (χ1v) is 8.43. The van der Waals surface area contributed by atoms with Crippen LogP contribution in [0.25, 0.3) is 0 Å². The van der Waals surface area contributed by atoms with Crippen LogP contribution in [0.1, 0.15) is 62.3 Å². The summed E-state index contributed by atoms with van der Waals surface area (Å²) in [6.07, 6.45) is 0. The molecule has 0 aliphatic rings. The second-order valence-corrected chi connectivity index (χ2v) is 8.72. The molecule has 0 aromatic heterocycles. The van der Waals surface area contributed by atoms with Crippen LogP contribution in [0.3, 0.4) is 0 Å². The lowest BCUT2D eigenvalue weighted by molar-refractivity contribution is -0.0448. The molecule has 0 atom stereocenters. The highest BCUT2D eigenvalue weighted by molar-refractivity contribution is 4.65. The van der Waals surface area contributed by atoms with Gasteiger partial charge >= 0.3 is 0 Å². The van der Waals surface area contributed by atoms with E-state index in [1.54, 1.807) is 0 Å². The van der Waals surface area contributed by atoms with Crippen molar-refractivity contribution in [2.45, 2.75) is 79.1 Å². The first-order chi connectivity index (χ1) is 9.79. The minimum Gasteiger partial charge on any atom is -0.375 e. The fourth-order valence-corrected chi connectivity index (χ4v) is 1.78. The first-order valence-electron chi connectivity index (χ1n) is 8.43. The molecule has 0 spiro atoms. The van der Waals surface area contributed by atoms with Crippen LogP contribution in [0.5, 0.6) is 0 Å². The van der Waals surface area contributed by atoms with Crippen molar-refractivity contribution in [3.8, 4) is 0 Å². The Kier molecular flexibility index (Phi) is 9.15. The van der Waals surface area contributed by atoms with Crippen LogP contribution in [0.15, 0.2) is 0 Å². The third-order valence-corrected chi connectivity index (χ3v) is 2.83. The zero-order valence-electron chi connectivity index (χ0n) is 16.4. The molecule has 4 nitrogen and oxygen atoms in total. The van der Waals surface area contributed by atoms with Crippen molar-refractivity contribution in [1.82, 2.24) is 4.90 Å². The quantitative estimate of drug-likeness (QED) is 0.648. The third-order valence-electron chi connectivity index (χ3n) is 2.83. The highest BCUT2D eigenvalue weighted by Crippen LogP contribution is 2.09. The lowest BCUT2D eigenvalue weighted by Gasteiger charge is -2.28. The minimum atomic E-state index is -0.0878. The smallest absolute Gasteiger partial charge is 0.0600 e. The van der Waals surface area contributed by atoms with Crippen molar-refractivity contribution in [1.29, 1.82) is 0 Å². The van der Waals surface area contributed by atoms with E-state index in [-0.39, 0.29) is 16.8 Å². The van der Waals surface area contributed by atoms with E-state index in [1.165, 1.54) is 0 Å². The molecule has 0 aliphatic carbocycles. The van der Waals surface area contributed by atoms with Crippen molar-refractivity contribution in [3.05, 3.63) is 0 Å². The van der Waals surface area contributed by atoms with E-state index in [9.17, 15) is 0 Å². The van der Waals surface area contributed by atoms with E-state index < -0.39 is 0 Å². The summed E-state index contributed by atoms with van der Waals surface area (Å²) in [7, 11) is 0. The molecular formula is C18H39NO3. The van der Waals surface area contributed by atoms with Gasteiger partial charge in [-0.15, -0.1) is 0 Å². The molecule has 0 radical (unpaired) electrons. The summed E-state index contributed by atoms with van der Waals surface area (Å²) in [5.41, 5.74) is -0.263. The Hall–Kier alpha value is -0.160. The van der Waals surface area contributed by atoms with Crippen LogP contribution in [0.4, 0.5) is 0 Å². The largest absolute Gasteiger partial charge is 0.375 e. The number of hydrogen-bond donors (Lipinski definition) is 0. The third kappa shape index (κ3) is 16.2. The van der Waals surface area contributed by atoms with Crippen molar-refractivity contribution < 1.29 is 14.2 Å². The summed E-state index contributed by atoms with van der Waals surface area (Å²) in [4.78, 5) is 2.35. The lowest BCUT2D eigenvalue weighted by atomic mass is 10.2. The lowest BCUT2D eigenvalue weighted by Crippen LogP contribution is -2.38. The second kappa shape index (κ2) is 9.21. The molecule has 0 rings (SSSR count). The molecule has 0 aromatic carbocycles. The molecule has 0 bridgehead atoms. The highest BCUT2D eigenvalue weighted by atomic mass is 16.5. The number of ether oxygens (including phenoxy) is 3. The zero-order valence-corrected chi connectivity index (χ0v) is 16.4. The van der Waals surface area contributed by atoms with E-state index in [0.29, 0.717) is 0 Å². The van der Waals surface area contributed by atoms with Crippen LogP contribution < -0.4 is 0 Å². The molecule has 0 fully saturated rings. The van der Waals surface area contributed by atoms with Crippen molar-refractivity contribution >= 4 is 0 Å². The Morgan fingerprint density at radius 3 is 0.909 bits per heavy atom. The van der Waals surface area contributed by atoms with Crippen molar-refractivity contribution in [3.63, 3.8) is 0 Å². The normalized spacial score (nSPS) is 13.9. The van der Waals surface area contributed by atoms with Crippen LogP contribution in [-0.4, -0.2) is 61.2 Å². The van der Waals surface area contributed by atoms with Gasteiger partial charge in [0.2, 0.25) is 0 Å². The van der Waals surface area contributed by atoms with Gasteiger partial charge in [-0.2, -0.15) is 0 Å². The van der Waals surface area contributed by atoms with Crippen LogP contribution >= 0.6 is 0 Å². The van der Waals surface area contributed by atoms with E-state index in [2.05, 4.69) is 67.2 Å². The summed E-state index contributed by atoms with van der Waals surface area (Å²) in [6.45, 7) is 23.7. The standard InChI is InChI=1S/C18H39NO3/c1-16(2,3)20-13-10-19(11-14-21-17(4,5)6)12-15-22-18(7,8)9/h10-15H2,1-9H3. The molecule has 4 heteroatoms. The van der Waals surface area contributed by atoms with Crippen molar-refractivity contribution in [2.24, 2.45) is 0 Å². The van der Waals surface area contributed by atoms with Gasteiger partial charge in [0.15, 0.2) is 0 Å². The highest BCUT2D eigenvalue weighted by Gasteiger charge is 2.15. The van der Waals surface area contributed by atoms with Gasteiger partial charge in [-0.05, 0) is 62.3 Å². The first kappa shape index (κ1) is 21.8. The van der Waals surface area contributed by atoms with E-state index in [1.807, 2.05) is 0 Å². The maximum absolute atomic E-state index is 5.83. The van der Waals surface area contributed by atoms with Crippen LogP contribution in [0, 0.1) is 0 Å². The number of rotatable bonds is 9. The van der Waals surface area contributed by atoms with Gasteiger partial charge in [0.05, 0.1) is 36.6 Å². The van der Waals surface area contributed by atoms with E-state index >= 15 is 0 Å². The Morgan fingerprint density at radius 1 is 0.500 bits per heavy atom. The van der Waals surface area contributed by atoms with Gasteiger partial charge in [0, 0.05) is 19.6 Å². The second-order valence-electron chi connectivity index (χ2n) is 8.72. The number of hydrogen-bond acceptors (Lipinski definition) is 4. The topological polar surface area (TPSA) is 30.9 Å². The molecule has 0 aromatic rings. The molecule has 134 valence electrons. The minimum absolute atomic E-state index is 0.0878. The van der Waals surface area contributed by atoms with Gasteiger partial charge in [-0.3, -0.25) is 4.90 Å². The SMILES string of the molecule is CC(C)(C)OCCN(CCOC(C)(C)C)CCOC(C)(C)C. The molecule has 0 heterocycles. The maximum atomic E-state index is 5.83. The van der Waals surface area contributed by atoms with Crippen molar-refractivity contribution in [2.75, 3.05) is 39.5 Å². The summed E-state index contributed by atoms with van der Waals surface area (Å²) >= 11 is 0. The van der Waals surface area contributed by atoms with E-state index in [4.69, 9.17) is 14.2 Å². The Bertz CT molecular complexity index is 237.